The van der Waals surface area contributed by atoms with E-state index in [9.17, 15) is 4.79 Å². The highest BCUT2D eigenvalue weighted by atomic mass is 16.2. The first-order valence-electron chi connectivity index (χ1n) is 6.15. The zero-order valence-electron chi connectivity index (χ0n) is 11.1. The third kappa shape index (κ3) is 4.10. The number of aromatic nitrogens is 1. The van der Waals surface area contributed by atoms with Crippen molar-refractivity contribution < 1.29 is 4.79 Å². The Labute approximate surface area is 112 Å². The zero-order valence-corrected chi connectivity index (χ0v) is 11.1. The van der Waals surface area contributed by atoms with Gasteiger partial charge in [-0.1, -0.05) is 12.1 Å². The van der Waals surface area contributed by atoms with E-state index in [4.69, 9.17) is 0 Å². The van der Waals surface area contributed by atoms with Crippen molar-refractivity contribution in [3.05, 3.63) is 59.4 Å². The molecule has 0 fully saturated rings. The third-order valence-electron chi connectivity index (χ3n) is 2.66. The summed E-state index contributed by atoms with van der Waals surface area (Å²) in [6.45, 7) is 4.47. The molecule has 1 heterocycles. The molecular weight excluding hydrogens is 238 g/mol. The van der Waals surface area contributed by atoms with Crippen LogP contribution in [0.1, 0.15) is 16.7 Å². The maximum atomic E-state index is 11.8. The van der Waals surface area contributed by atoms with Gasteiger partial charge in [0.25, 0.3) is 0 Å². The number of carbonyl (C=O) groups is 1. The summed E-state index contributed by atoms with van der Waals surface area (Å²) in [5, 5.41) is 5.62. The van der Waals surface area contributed by atoms with Crippen LogP contribution < -0.4 is 10.6 Å². The molecule has 1 aromatic heterocycles. The molecule has 0 unspecified atom stereocenters. The minimum absolute atomic E-state index is 0.214. The van der Waals surface area contributed by atoms with E-state index < -0.39 is 0 Å². The Morgan fingerprint density at radius 3 is 2.58 bits per heavy atom. The fraction of sp³-hybridized carbons (Fsp3) is 0.200. The number of urea groups is 1. The van der Waals surface area contributed by atoms with Crippen molar-refractivity contribution in [2.45, 2.75) is 20.4 Å². The van der Waals surface area contributed by atoms with E-state index >= 15 is 0 Å². The van der Waals surface area contributed by atoms with Crippen molar-refractivity contribution in [1.82, 2.24) is 10.3 Å². The minimum Gasteiger partial charge on any atom is -0.334 e. The van der Waals surface area contributed by atoms with Gasteiger partial charge >= 0.3 is 6.03 Å². The molecule has 0 spiro atoms. The molecule has 1 aromatic carbocycles. The van der Waals surface area contributed by atoms with Gasteiger partial charge in [-0.25, -0.2) is 4.79 Å². The van der Waals surface area contributed by atoms with Gasteiger partial charge in [-0.3, -0.25) is 4.98 Å². The highest BCUT2D eigenvalue weighted by Gasteiger charge is 2.02. The lowest BCUT2D eigenvalue weighted by molar-refractivity contribution is 0.251. The van der Waals surface area contributed by atoms with E-state index in [2.05, 4.69) is 21.7 Å². The Morgan fingerprint density at radius 2 is 1.95 bits per heavy atom. The minimum atomic E-state index is -0.214. The van der Waals surface area contributed by atoms with Gasteiger partial charge in [-0.05, 0) is 48.7 Å². The summed E-state index contributed by atoms with van der Waals surface area (Å²) < 4.78 is 0. The summed E-state index contributed by atoms with van der Waals surface area (Å²) in [7, 11) is 0. The Morgan fingerprint density at radius 1 is 1.21 bits per heavy atom. The molecule has 0 aliphatic carbocycles. The Bertz CT molecular complexity index is 547. The summed E-state index contributed by atoms with van der Waals surface area (Å²) in [5.41, 5.74) is 4.03. The van der Waals surface area contributed by atoms with Gasteiger partial charge in [0.1, 0.15) is 0 Å². The molecule has 2 N–H and O–H groups in total. The van der Waals surface area contributed by atoms with Gasteiger partial charge < -0.3 is 10.6 Å². The number of carbonyl (C=O) groups excluding carboxylic acids is 1. The number of hydrogen-bond acceptors (Lipinski definition) is 2. The number of aryl methyl sites for hydroxylation is 2. The van der Waals surface area contributed by atoms with Crippen molar-refractivity contribution in [3.8, 4) is 0 Å². The molecule has 2 rings (SSSR count). The molecule has 4 heteroatoms. The van der Waals surface area contributed by atoms with Crippen molar-refractivity contribution in [2.75, 3.05) is 5.32 Å². The van der Waals surface area contributed by atoms with Gasteiger partial charge in [0.05, 0.1) is 0 Å². The average molecular weight is 255 g/mol. The molecule has 0 saturated heterocycles. The predicted molar refractivity (Wildman–Crippen MR) is 76.0 cm³/mol. The van der Waals surface area contributed by atoms with Crippen molar-refractivity contribution in [3.63, 3.8) is 0 Å². The fourth-order valence-corrected chi connectivity index (χ4v) is 1.91. The lowest BCUT2D eigenvalue weighted by atomic mass is 10.1. The second kappa shape index (κ2) is 6.00. The van der Waals surface area contributed by atoms with E-state index in [1.165, 1.54) is 0 Å². The number of hydrogen-bond donors (Lipinski definition) is 2. The van der Waals surface area contributed by atoms with Crippen LogP contribution in [0, 0.1) is 13.8 Å². The first-order valence-corrected chi connectivity index (χ1v) is 6.15. The summed E-state index contributed by atoms with van der Waals surface area (Å²) in [6.07, 6.45) is 3.44. The smallest absolute Gasteiger partial charge is 0.319 e. The molecule has 0 radical (unpaired) electrons. The van der Waals surface area contributed by atoms with Crippen LogP contribution in [-0.2, 0) is 6.54 Å². The molecule has 0 atom stereocenters. The summed E-state index contributed by atoms with van der Waals surface area (Å²) in [5.74, 6) is 0. The summed E-state index contributed by atoms with van der Waals surface area (Å²) in [4.78, 5) is 15.8. The second-order valence-electron chi connectivity index (χ2n) is 4.55. The van der Waals surface area contributed by atoms with Crippen LogP contribution in [-0.4, -0.2) is 11.0 Å². The van der Waals surface area contributed by atoms with E-state index in [1.54, 1.807) is 12.4 Å². The molecule has 0 aliphatic heterocycles. The number of rotatable bonds is 3. The van der Waals surface area contributed by atoms with E-state index in [1.807, 2.05) is 38.1 Å². The fourth-order valence-electron chi connectivity index (χ4n) is 1.91. The molecule has 0 aliphatic rings. The molecule has 98 valence electrons. The molecule has 0 bridgehead atoms. The molecular formula is C15H17N3O. The Kier molecular flexibility index (Phi) is 4.13. The SMILES string of the molecule is Cc1cc(C)cc(NC(=O)NCc2cccnc2)c1. The number of pyridine rings is 1. The van der Waals surface area contributed by atoms with Crippen LogP contribution in [0.5, 0.6) is 0 Å². The van der Waals surface area contributed by atoms with Crippen LogP contribution in [0.4, 0.5) is 10.5 Å². The van der Waals surface area contributed by atoms with E-state index in [0.717, 1.165) is 22.4 Å². The van der Waals surface area contributed by atoms with Gasteiger partial charge in [0, 0.05) is 24.6 Å². The summed E-state index contributed by atoms with van der Waals surface area (Å²) in [6, 6.07) is 9.50. The molecule has 2 amide bonds. The van der Waals surface area contributed by atoms with E-state index in [-0.39, 0.29) is 6.03 Å². The Balaban J connectivity index is 1.91. The topological polar surface area (TPSA) is 54.0 Å². The van der Waals surface area contributed by atoms with Crippen LogP contribution in [0.2, 0.25) is 0 Å². The van der Waals surface area contributed by atoms with Gasteiger partial charge in [0.2, 0.25) is 0 Å². The first-order chi connectivity index (χ1) is 9.13. The summed E-state index contributed by atoms with van der Waals surface area (Å²) >= 11 is 0. The largest absolute Gasteiger partial charge is 0.334 e. The van der Waals surface area contributed by atoms with E-state index in [0.29, 0.717) is 6.54 Å². The van der Waals surface area contributed by atoms with Crippen molar-refractivity contribution in [1.29, 1.82) is 0 Å². The number of anilines is 1. The normalized spacial score (nSPS) is 10.0. The van der Waals surface area contributed by atoms with Crippen LogP contribution >= 0.6 is 0 Å². The highest BCUT2D eigenvalue weighted by molar-refractivity contribution is 5.89. The standard InChI is InChI=1S/C15H17N3O/c1-11-6-12(2)8-14(7-11)18-15(19)17-10-13-4-3-5-16-9-13/h3-9H,10H2,1-2H3,(H2,17,18,19). The van der Waals surface area contributed by atoms with Crippen LogP contribution in [0.15, 0.2) is 42.7 Å². The zero-order chi connectivity index (χ0) is 13.7. The average Bonchev–Trinajstić information content (AvgIpc) is 2.36. The predicted octanol–water partition coefficient (Wildman–Crippen LogP) is 3.02. The van der Waals surface area contributed by atoms with Gasteiger partial charge in [-0.2, -0.15) is 0 Å². The maximum absolute atomic E-state index is 11.8. The number of nitrogens with one attached hydrogen (secondary N) is 2. The molecule has 4 nitrogen and oxygen atoms in total. The van der Waals surface area contributed by atoms with Gasteiger partial charge in [0.15, 0.2) is 0 Å². The lowest BCUT2D eigenvalue weighted by Gasteiger charge is -2.09. The third-order valence-corrected chi connectivity index (χ3v) is 2.66. The quantitative estimate of drug-likeness (QED) is 0.885. The molecule has 19 heavy (non-hydrogen) atoms. The van der Waals surface area contributed by atoms with Crippen molar-refractivity contribution in [2.24, 2.45) is 0 Å². The molecule has 2 aromatic rings. The number of benzene rings is 1. The number of amides is 2. The van der Waals surface area contributed by atoms with Crippen molar-refractivity contribution >= 4 is 11.7 Å². The van der Waals surface area contributed by atoms with Crippen LogP contribution in [0.3, 0.4) is 0 Å². The monoisotopic (exact) mass is 255 g/mol. The van der Waals surface area contributed by atoms with Gasteiger partial charge in [-0.15, -0.1) is 0 Å². The highest BCUT2D eigenvalue weighted by Crippen LogP contribution is 2.13. The number of nitrogens with zero attached hydrogens (tertiary/aromatic N) is 1. The first kappa shape index (κ1) is 13.1. The Hall–Kier alpha value is -2.36. The van der Waals surface area contributed by atoms with Crippen LogP contribution in [0.25, 0.3) is 0 Å². The lowest BCUT2D eigenvalue weighted by Crippen LogP contribution is -2.28. The molecule has 0 saturated carbocycles. The maximum Gasteiger partial charge on any atom is 0.319 e. The second-order valence-corrected chi connectivity index (χ2v) is 4.55.